The summed E-state index contributed by atoms with van der Waals surface area (Å²) in [5.74, 6) is 1.54. The maximum absolute atomic E-state index is 6.07. The maximum atomic E-state index is 6.07. The van der Waals surface area contributed by atoms with Gasteiger partial charge in [0.1, 0.15) is 11.5 Å². The van der Waals surface area contributed by atoms with Crippen molar-refractivity contribution in [2.24, 2.45) is 11.5 Å². The summed E-state index contributed by atoms with van der Waals surface area (Å²) < 4.78 is 10.4. The van der Waals surface area contributed by atoms with E-state index in [2.05, 4.69) is 0 Å². The van der Waals surface area contributed by atoms with E-state index >= 15 is 0 Å². The van der Waals surface area contributed by atoms with Crippen molar-refractivity contribution in [2.45, 2.75) is 18.9 Å². The third-order valence-electron chi connectivity index (χ3n) is 2.56. The van der Waals surface area contributed by atoms with Crippen molar-refractivity contribution in [3.8, 4) is 11.5 Å². The minimum Gasteiger partial charge on any atom is -0.497 e. The Balaban J connectivity index is 2.85. The first-order chi connectivity index (χ1) is 7.72. The molecule has 1 atom stereocenters. The van der Waals surface area contributed by atoms with Crippen molar-refractivity contribution >= 4 is 0 Å². The van der Waals surface area contributed by atoms with Crippen LogP contribution in [0.2, 0.25) is 0 Å². The molecule has 0 aliphatic carbocycles. The molecule has 16 heavy (non-hydrogen) atoms. The smallest absolute Gasteiger partial charge is 0.127 e. The van der Waals surface area contributed by atoms with Gasteiger partial charge in [-0.05, 0) is 25.5 Å². The van der Waals surface area contributed by atoms with Crippen molar-refractivity contribution in [3.63, 3.8) is 0 Å². The minimum absolute atomic E-state index is 0.0376. The average molecular weight is 224 g/mol. The minimum atomic E-state index is -0.0376. The molecular formula is C12H20N2O2. The van der Waals surface area contributed by atoms with Crippen molar-refractivity contribution in [1.29, 1.82) is 0 Å². The largest absolute Gasteiger partial charge is 0.497 e. The normalized spacial score (nSPS) is 12.2. The molecule has 90 valence electrons. The number of hydrogen-bond acceptors (Lipinski definition) is 4. The lowest BCUT2D eigenvalue weighted by Crippen LogP contribution is -2.13. The topological polar surface area (TPSA) is 70.5 Å². The lowest BCUT2D eigenvalue weighted by molar-refractivity contribution is 0.387. The summed E-state index contributed by atoms with van der Waals surface area (Å²) in [4.78, 5) is 0. The highest BCUT2D eigenvalue weighted by Crippen LogP contribution is 2.30. The molecule has 1 aromatic rings. The molecule has 1 rings (SSSR count). The summed E-state index contributed by atoms with van der Waals surface area (Å²) >= 11 is 0. The molecule has 0 saturated carbocycles. The Morgan fingerprint density at radius 1 is 1.25 bits per heavy atom. The number of ether oxygens (including phenoxy) is 2. The van der Waals surface area contributed by atoms with E-state index in [1.54, 1.807) is 14.2 Å². The van der Waals surface area contributed by atoms with Crippen LogP contribution in [-0.2, 0) is 0 Å². The van der Waals surface area contributed by atoms with Gasteiger partial charge in [-0.3, -0.25) is 0 Å². The van der Waals surface area contributed by atoms with Gasteiger partial charge in [-0.1, -0.05) is 6.07 Å². The van der Waals surface area contributed by atoms with E-state index in [0.29, 0.717) is 6.54 Å². The van der Waals surface area contributed by atoms with Gasteiger partial charge in [0.15, 0.2) is 0 Å². The van der Waals surface area contributed by atoms with Crippen molar-refractivity contribution in [2.75, 3.05) is 20.8 Å². The molecule has 4 nitrogen and oxygen atoms in total. The SMILES string of the molecule is COc1ccc([C@H](N)CCCN)c(OC)c1. The van der Waals surface area contributed by atoms with Crippen LogP contribution >= 0.6 is 0 Å². The highest BCUT2D eigenvalue weighted by atomic mass is 16.5. The molecule has 0 saturated heterocycles. The van der Waals surface area contributed by atoms with Crippen LogP contribution in [0.25, 0.3) is 0 Å². The summed E-state index contributed by atoms with van der Waals surface area (Å²) in [7, 11) is 3.26. The number of methoxy groups -OCH3 is 2. The number of rotatable bonds is 6. The monoisotopic (exact) mass is 224 g/mol. The van der Waals surface area contributed by atoms with E-state index in [1.165, 1.54) is 0 Å². The predicted molar refractivity (Wildman–Crippen MR) is 64.8 cm³/mol. The van der Waals surface area contributed by atoms with Crippen LogP contribution in [0.5, 0.6) is 11.5 Å². The zero-order valence-electron chi connectivity index (χ0n) is 9.90. The molecule has 0 aliphatic heterocycles. The highest BCUT2D eigenvalue weighted by Gasteiger charge is 2.12. The Morgan fingerprint density at radius 3 is 2.56 bits per heavy atom. The van der Waals surface area contributed by atoms with E-state index in [1.807, 2.05) is 18.2 Å². The second-order valence-corrected chi connectivity index (χ2v) is 3.65. The van der Waals surface area contributed by atoms with Crippen molar-refractivity contribution in [3.05, 3.63) is 23.8 Å². The van der Waals surface area contributed by atoms with Gasteiger partial charge < -0.3 is 20.9 Å². The van der Waals surface area contributed by atoms with E-state index in [9.17, 15) is 0 Å². The molecule has 0 bridgehead atoms. The fraction of sp³-hybridized carbons (Fsp3) is 0.500. The van der Waals surface area contributed by atoms with E-state index in [-0.39, 0.29) is 6.04 Å². The molecule has 0 aromatic heterocycles. The third-order valence-corrected chi connectivity index (χ3v) is 2.56. The molecule has 0 heterocycles. The third kappa shape index (κ3) is 3.12. The van der Waals surface area contributed by atoms with Crippen LogP contribution in [0, 0.1) is 0 Å². The Hall–Kier alpha value is -1.26. The quantitative estimate of drug-likeness (QED) is 0.767. The van der Waals surface area contributed by atoms with Gasteiger partial charge >= 0.3 is 0 Å². The van der Waals surface area contributed by atoms with Crippen LogP contribution in [0.15, 0.2) is 18.2 Å². The van der Waals surface area contributed by atoms with Crippen LogP contribution in [-0.4, -0.2) is 20.8 Å². The molecule has 0 amide bonds. The maximum Gasteiger partial charge on any atom is 0.127 e. The lowest BCUT2D eigenvalue weighted by Gasteiger charge is -2.16. The Kier molecular flexibility index (Phi) is 5.08. The molecule has 0 radical (unpaired) electrons. The first kappa shape index (κ1) is 12.8. The van der Waals surface area contributed by atoms with Gasteiger partial charge in [0.25, 0.3) is 0 Å². The van der Waals surface area contributed by atoms with Gasteiger partial charge in [0.2, 0.25) is 0 Å². The van der Waals surface area contributed by atoms with Crippen LogP contribution in [0.3, 0.4) is 0 Å². The molecule has 4 N–H and O–H groups in total. The molecule has 0 aliphatic rings. The van der Waals surface area contributed by atoms with Crippen LogP contribution < -0.4 is 20.9 Å². The summed E-state index contributed by atoms with van der Waals surface area (Å²) in [6, 6.07) is 5.64. The van der Waals surface area contributed by atoms with E-state index in [4.69, 9.17) is 20.9 Å². The number of hydrogen-bond donors (Lipinski definition) is 2. The second kappa shape index (κ2) is 6.35. The fourth-order valence-electron chi connectivity index (χ4n) is 1.62. The van der Waals surface area contributed by atoms with Crippen molar-refractivity contribution in [1.82, 2.24) is 0 Å². The zero-order chi connectivity index (χ0) is 12.0. The molecule has 0 unspecified atom stereocenters. The van der Waals surface area contributed by atoms with E-state index < -0.39 is 0 Å². The van der Waals surface area contributed by atoms with Crippen LogP contribution in [0.4, 0.5) is 0 Å². The highest BCUT2D eigenvalue weighted by molar-refractivity contribution is 5.42. The number of nitrogens with two attached hydrogens (primary N) is 2. The fourth-order valence-corrected chi connectivity index (χ4v) is 1.62. The molecule has 4 heteroatoms. The standard InChI is InChI=1S/C12H20N2O2/c1-15-9-5-6-10(12(8-9)16-2)11(14)4-3-7-13/h5-6,8,11H,3-4,7,13-14H2,1-2H3/t11-/m1/s1. The van der Waals surface area contributed by atoms with Gasteiger partial charge in [0.05, 0.1) is 14.2 Å². The Bertz CT molecular complexity index is 329. The van der Waals surface area contributed by atoms with E-state index in [0.717, 1.165) is 29.9 Å². The molecule has 1 aromatic carbocycles. The zero-order valence-corrected chi connectivity index (χ0v) is 9.90. The predicted octanol–water partition coefficient (Wildman–Crippen LogP) is 1.44. The second-order valence-electron chi connectivity index (χ2n) is 3.65. The first-order valence-electron chi connectivity index (χ1n) is 5.40. The lowest BCUT2D eigenvalue weighted by atomic mass is 10.0. The summed E-state index contributed by atoms with van der Waals surface area (Å²) in [6.45, 7) is 0.659. The van der Waals surface area contributed by atoms with Gasteiger partial charge in [-0.15, -0.1) is 0 Å². The molecular weight excluding hydrogens is 204 g/mol. The average Bonchev–Trinajstić information content (AvgIpc) is 2.34. The molecule has 0 spiro atoms. The Morgan fingerprint density at radius 2 is 2.00 bits per heavy atom. The summed E-state index contributed by atoms with van der Waals surface area (Å²) in [5, 5.41) is 0. The van der Waals surface area contributed by atoms with Crippen LogP contribution in [0.1, 0.15) is 24.4 Å². The summed E-state index contributed by atoms with van der Waals surface area (Å²) in [6.07, 6.45) is 1.77. The van der Waals surface area contributed by atoms with Crippen molar-refractivity contribution < 1.29 is 9.47 Å². The Labute approximate surface area is 96.5 Å². The van der Waals surface area contributed by atoms with Gasteiger partial charge in [-0.25, -0.2) is 0 Å². The van der Waals surface area contributed by atoms with Gasteiger partial charge in [-0.2, -0.15) is 0 Å². The van der Waals surface area contributed by atoms with Gasteiger partial charge in [0, 0.05) is 17.7 Å². The molecule has 0 fully saturated rings. The number of benzene rings is 1. The summed E-state index contributed by atoms with van der Waals surface area (Å²) in [5.41, 5.74) is 12.5. The first-order valence-corrected chi connectivity index (χ1v) is 5.40.